The van der Waals surface area contributed by atoms with Crippen LogP contribution in [0.2, 0.25) is 0 Å². The van der Waals surface area contributed by atoms with Crippen molar-refractivity contribution in [2.45, 2.75) is 0 Å². The number of nitrogens with zero attached hydrogens (tertiary/aromatic N) is 3. The Hall–Kier alpha value is -11.9. The van der Waals surface area contributed by atoms with Crippen LogP contribution < -0.4 is 0 Å². The third-order valence-corrected chi connectivity index (χ3v) is 19.8. The van der Waals surface area contributed by atoms with E-state index in [1.807, 2.05) is 18.6 Å². The van der Waals surface area contributed by atoms with Gasteiger partial charge in [0, 0.05) is 46.2 Å². The molecule has 3 nitrogen and oxygen atoms in total. The molecule has 0 unspecified atom stereocenters. The fourth-order valence-electron chi connectivity index (χ4n) is 15.7. The Kier molecular flexibility index (Phi) is 10.3. The molecule has 412 valence electrons. The van der Waals surface area contributed by atoms with Crippen molar-refractivity contribution in [3.05, 3.63) is 298 Å². The van der Waals surface area contributed by atoms with Gasteiger partial charge in [0.1, 0.15) is 0 Å². The van der Waals surface area contributed by atoms with Crippen molar-refractivity contribution < 1.29 is 0 Å². The standard InChI is InChI=1S/C87H49N3/c1-2-12-52-41-53(25-23-50(52)11-1)54-27-28-56-43-57(30-29-55(56)42-54)61-44-62(49-88-48-61)63-34-36-76-82-68(63)19-9-21-74(82)85-71-18-8-5-15-66(71)78-45-60(31-33-73(78)87(76)85)79-38-32-51-24-26-58(46-80(51)90-79)59-39-40-89-81(47-59)67-35-37-77-83-72(67)20-10-22-75(83)84-69-16-6-3-13-64(69)65-14-4-7-17-70(65)86(77)84/h1-49H. The summed E-state index contributed by atoms with van der Waals surface area (Å²) in [6.07, 6.45) is 5.97. The van der Waals surface area contributed by atoms with E-state index in [0.717, 1.165) is 61.2 Å². The fourth-order valence-corrected chi connectivity index (χ4v) is 15.7. The number of pyridine rings is 3. The zero-order valence-corrected chi connectivity index (χ0v) is 48.6. The van der Waals surface area contributed by atoms with Crippen LogP contribution in [0.1, 0.15) is 0 Å². The summed E-state index contributed by atoms with van der Waals surface area (Å²) in [5, 5.41) is 21.2. The maximum atomic E-state index is 5.44. The first kappa shape index (κ1) is 49.2. The second-order valence-electron chi connectivity index (χ2n) is 24.5. The lowest BCUT2D eigenvalue weighted by molar-refractivity contribution is 1.33. The van der Waals surface area contributed by atoms with Crippen LogP contribution in [0.15, 0.2) is 298 Å². The van der Waals surface area contributed by atoms with Crippen molar-refractivity contribution >= 4 is 97.1 Å². The van der Waals surface area contributed by atoms with Gasteiger partial charge in [0.25, 0.3) is 0 Å². The van der Waals surface area contributed by atoms with Crippen LogP contribution in [0, 0.1) is 0 Å². The second kappa shape index (κ2) is 18.8. The van der Waals surface area contributed by atoms with Crippen LogP contribution in [0.5, 0.6) is 0 Å². The average molecular weight is 1140 g/mol. The summed E-state index contributed by atoms with van der Waals surface area (Å²) in [7, 11) is 0. The highest BCUT2D eigenvalue weighted by Crippen LogP contribution is 2.57. The zero-order chi connectivity index (χ0) is 58.7. The lowest BCUT2D eigenvalue weighted by atomic mass is 9.89. The van der Waals surface area contributed by atoms with Crippen molar-refractivity contribution in [1.82, 2.24) is 15.0 Å². The summed E-state index contributed by atoms with van der Waals surface area (Å²) in [4.78, 5) is 15.4. The first-order valence-corrected chi connectivity index (χ1v) is 31.0. The monoisotopic (exact) mass is 1140 g/mol. The molecule has 0 spiro atoms. The van der Waals surface area contributed by atoms with Crippen LogP contribution in [-0.4, -0.2) is 15.0 Å². The molecule has 15 aromatic carbocycles. The summed E-state index contributed by atoms with van der Waals surface area (Å²) in [6, 6.07) is 103. The van der Waals surface area contributed by atoms with Crippen LogP contribution in [0.4, 0.5) is 0 Å². The van der Waals surface area contributed by atoms with Crippen LogP contribution in [-0.2, 0) is 0 Å². The van der Waals surface area contributed by atoms with Crippen LogP contribution >= 0.6 is 0 Å². The molecule has 0 fully saturated rings. The Balaban J connectivity index is 0.638. The molecule has 0 N–H and O–H groups in total. The largest absolute Gasteiger partial charge is 0.263 e. The highest BCUT2D eigenvalue weighted by atomic mass is 14.7. The molecule has 20 rings (SSSR count). The second-order valence-corrected chi connectivity index (χ2v) is 24.5. The molecule has 0 atom stereocenters. The predicted molar refractivity (Wildman–Crippen MR) is 379 cm³/mol. The molecular formula is C87H49N3. The molecule has 0 aliphatic heterocycles. The van der Waals surface area contributed by atoms with E-state index in [1.165, 1.54) is 147 Å². The molecule has 0 saturated heterocycles. The Morgan fingerprint density at radius 1 is 0.211 bits per heavy atom. The van der Waals surface area contributed by atoms with Gasteiger partial charge in [-0.2, -0.15) is 0 Å². The lowest BCUT2D eigenvalue weighted by Gasteiger charge is -2.15. The highest BCUT2D eigenvalue weighted by molar-refractivity contribution is 6.33. The first-order chi connectivity index (χ1) is 44.6. The predicted octanol–water partition coefficient (Wildman–Crippen LogP) is 23.5. The summed E-state index contributed by atoms with van der Waals surface area (Å²) in [5.41, 5.74) is 24.6. The minimum absolute atomic E-state index is 0.941. The molecule has 90 heavy (non-hydrogen) atoms. The molecular weight excluding hydrogens is 1090 g/mol. The van der Waals surface area contributed by atoms with E-state index in [9.17, 15) is 0 Å². The van der Waals surface area contributed by atoms with E-state index in [0.29, 0.717) is 0 Å². The van der Waals surface area contributed by atoms with Gasteiger partial charge < -0.3 is 0 Å². The van der Waals surface area contributed by atoms with E-state index in [-0.39, 0.29) is 0 Å². The third kappa shape index (κ3) is 7.20. The molecule has 0 radical (unpaired) electrons. The molecule has 0 saturated carbocycles. The third-order valence-electron chi connectivity index (χ3n) is 19.8. The summed E-state index contributed by atoms with van der Waals surface area (Å²) < 4.78 is 0. The van der Waals surface area contributed by atoms with E-state index in [1.54, 1.807) is 0 Å². The van der Waals surface area contributed by atoms with Gasteiger partial charge in [-0.3, -0.25) is 9.97 Å². The molecule has 3 aromatic heterocycles. The number of hydrogen-bond donors (Lipinski definition) is 0. The zero-order valence-electron chi connectivity index (χ0n) is 48.6. The molecule has 2 aliphatic rings. The van der Waals surface area contributed by atoms with Crippen molar-refractivity contribution in [1.29, 1.82) is 0 Å². The molecule has 0 amide bonds. The molecule has 18 aromatic rings. The van der Waals surface area contributed by atoms with Crippen molar-refractivity contribution in [3.63, 3.8) is 0 Å². The van der Waals surface area contributed by atoms with Gasteiger partial charge in [-0.05, 0) is 219 Å². The average Bonchev–Trinajstić information content (AvgIpc) is 1.55. The van der Waals surface area contributed by atoms with E-state index in [4.69, 9.17) is 15.0 Å². The van der Waals surface area contributed by atoms with Gasteiger partial charge in [0.15, 0.2) is 0 Å². The summed E-state index contributed by atoms with van der Waals surface area (Å²) >= 11 is 0. The fraction of sp³-hybridized carbons (Fsp3) is 0. The van der Waals surface area contributed by atoms with Crippen molar-refractivity contribution in [2.75, 3.05) is 0 Å². The number of fused-ring (bicyclic) bond motifs is 19. The van der Waals surface area contributed by atoms with Gasteiger partial charge in [-0.15, -0.1) is 0 Å². The number of rotatable bonds is 6. The lowest BCUT2D eigenvalue weighted by Crippen LogP contribution is -1.90. The van der Waals surface area contributed by atoms with Crippen LogP contribution in [0.25, 0.3) is 209 Å². The Labute approximate surface area is 518 Å². The number of hydrogen-bond acceptors (Lipinski definition) is 3. The summed E-state index contributed by atoms with van der Waals surface area (Å²) in [6.45, 7) is 0. The van der Waals surface area contributed by atoms with E-state index >= 15 is 0 Å². The van der Waals surface area contributed by atoms with Crippen molar-refractivity contribution in [3.8, 4) is 112 Å². The quantitative estimate of drug-likeness (QED) is 0.156. The number of aromatic nitrogens is 3. The van der Waals surface area contributed by atoms with Crippen molar-refractivity contribution in [2.24, 2.45) is 0 Å². The molecule has 3 heteroatoms. The minimum atomic E-state index is 0.941. The first-order valence-electron chi connectivity index (χ1n) is 31.0. The summed E-state index contributed by atoms with van der Waals surface area (Å²) in [5.74, 6) is 0. The highest BCUT2D eigenvalue weighted by Gasteiger charge is 2.30. The number of benzene rings is 15. The Bertz CT molecular complexity index is 6160. The normalized spacial score (nSPS) is 12.2. The maximum absolute atomic E-state index is 5.44. The smallest absolute Gasteiger partial charge is 0.0715 e. The Morgan fingerprint density at radius 2 is 0.656 bits per heavy atom. The van der Waals surface area contributed by atoms with Gasteiger partial charge in [0.2, 0.25) is 0 Å². The maximum Gasteiger partial charge on any atom is 0.0715 e. The van der Waals surface area contributed by atoms with Gasteiger partial charge >= 0.3 is 0 Å². The van der Waals surface area contributed by atoms with E-state index < -0.39 is 0 Å². The van der Waals surface area contributed by atoms with Crippen LogP contribution in [0.3, 0.4) is 0 Å². The topological polar surface area (TPSA) is 38.7 Å². The SMILES string of the molecule is c1ccc2cc(-c3ccc4cc(-c5cncc(-c6ccc7c8c(cccc68)-c6c-7c7ccc(-c8ccc9ccc(-c%10ccnc(-c%11ccc%12c%13c(cccc%11%13)-c%11c-%12c%12ccccc%12c%12ccccc%11%12)c%10)cc9n8)cc7c7ccccc67)c5)ccc4c3)ccc2c1. The molecule has 3 heterocycles. The van der Waals surface area contributed by atoms with E-state index in [2.05, 4.69) is 279 Å². The van der Waals surface area contributed by atoms with Gasteiger partial charge in [-0.1, -0.05) is 224 Å². The Morgan fingerprint density at radius 3 is 1.31 bits per heavy atom. The van der Waals surface area contributed by atoms with Gasteiger partial charge in [-0.25, -0.2) is 4.98 Å². The minimum Gasteiger partial charge on any atom is -0.263 e. The van der Waals surface area contributed by atoms with Gasteiger partial charge in [0.05, 0.1) is 16.9 Å². The molecule has 2 aliphatic carbocycles. The molecule has 0 bridgehead atoms.